The minimum atomic E-state index is -1.85. The van der Waals surface area contributed by atoms with E-state index in [0.29, 0.717) is 19.3 Å². The molecule has 6 heteroatoms. The van der Waals surface area contributed by atoms with Crippen molar-refractivity contribution in [3.63, 3.8) is 0 Å². The Morgan fingerprint density at radius 3 is 2.68 bits per heavy atom. The van der Waals surface area contributed by atoms with Gasteiger partial charge < -0.3 is 9.84 Å². The topological polar surface area (TPSA) is 66.9 Å². The van der Waals surface area contributed by atoms with Crippen molar-refractivity contribution in [3.8, 4) is 0 Å². The molecule has 0 aromatic heterocycles. The summed E-state index contributed by atoms with van der Waals surface area (Å²) in [5, 5.41) is 11.2. The maximum Gasteiger partial charge on any atom is 0.224 e. The number of carbonyl (C=O) groups is 2. The summed E-state index contributed by atoms with van der Waals surface area (Å²) in [7, 11) is 0. The van der Waals surface area contributed by atoms with Crippen LogP contribution >= 0.6 is 11.8 Å². The number of fused-ring (bicyclic) bond motifs is 7. The van der Waals surface area contributed by atoms with Gasteiger partial charge in [-0.2, -0.15) is 0 Å². The summed E-state index contributed by atoms with van der Waals surface area (Å²) in [6.45, 7) is 5.79. The SMILES string of the molecule is CSC(=O)[C@@]12O[C@]1(C)C[C@H]1[C@@H]3CCC4=CC(=O)C=C[C@]4(C)[C@@]3(F)[C@@H](O)C[C@@]12C. The number of ether oxygens (including phenoxy) is 1. The maximum atomic E-state index is 17.0. The third-order valence-corrected chi connectivity index (χ3v) is 9.66. The predicted octanol–water partition coefficient (Wildman–Crippen LogP) is 3.38. The van der Waals surface area contributed by atoms with Crippen molar-refractivity contribution >= 4 is 22.7 Å². The minimum absolute atomic E-state index is 0.00989. The van der Waals surface area contributed by atoms with E-state index in [9.17, 15) is 14.7 Å². The average molecular weight is 407 g/mol. The second kappa shape index (κ2) is 5.19. The summed E-state index contributed by atoms with van der Waals surface area (Å²) in [5.74, 6) is -0.529. The molecule has 1 N–H and O–H groups in total. The highest BCUT2D eigenvalue weighted by Crippen LogP contribution is 2.78. The van der Waals surface area contributed by atoms with Crippen molar-refractivity contribution in [1.82, 2.24) is 0 Å². The number of halogens is 1. The fourth-order valence-electron chi connectivity index (χ4n) is 7.62. The van der Waals surface area contributed by atoms with Gasteiger partial charge in [-0.1, -0.05) is 30.3 Å². The minimum Gasteiger partial charge on any atom is -0.390 e. The lowest BCUT2D eigenvalue weighted by Gasteiger charge is -2.62. The van der Waals surface area contributed by atoms with Crippen LogP contribution in [0.2, 0.25) is 0 Å². The monoisotopic (exact) mass is 406 g/mol. The van der Waals surface area contributed by atoms with Crippen LogP contribution in [0.5, 0.6) is 0 Å². The first kappa shape index (κ1) is 19.0. The Balaban J connectivity index is 1.63. The van der Waals surface area contributed by atoms with Crippen molar-refractivity contribution in [2.75, 3.05) is 6.26 Å². The Morgan fingerprint density at radius 1 is 1.29 bits per heavy atom. The Labute approximate surface area is 169 Å². The molecule has 0 aromatic rings. The predicted molar refractivity (Wildman–Crippen MR) is 104 cm³/mol. The van der Waals surface area contributed by atoms with Crippen LogP contribution in [0, 0.1) is 22.7 Å². The van der Waals surface area contributed by atoms with Crippen LogP contribution in [0.3, 0.4) is 0 Å². The van der Waals surface area contributed by atoms with E-state index in [1.54, 1.807) is 18.4 Å². The van der Waals surface area contributed by atoms with Crippen LogP contribution < -0.4 is 0 Å². The van der Waals surface area contributed by atoms with Crippen molar-refractivity contribution in [2.24, 2.45) is 22.7 Å². The van der Waals surface area contributed by atoms with Gasteiger partial charge in [-0.3, -0.25) is 9.59 Å². The molecule has 152 valence electrons. The number of alkyl halides is 1. The molecule has 0 unspecified atom stereocenters. The summed E-state index contributed by atoms with van der Waals surface area (Å²) in [4.78, 5) is 24.8. The lowest BCUT2D eigenvalue weighted by molar-refractivity contribution is -0.206. The van der Waals surface area contributed by atoms with Gasteiger partial charge in [-0.25, -0.2) is 4.39 Å². The molecule has 0 spiro atoms. The van der Waals surface area contributed by atoms with E-state index >= 15 is 4.39 Å². The van der Waals surface area contributed by atoms with E-state index in [1.807, 2.05) is 20.8 Å². The summed E-state index contributed by atoms with van der Waals surface area (Å²) in [5.41, 5.74) is -4.16. The molecule has 0 radical (unpaired) electrons. The first-order valence-electron chi connectivity index (χ1n) is 10.1. The van der Waals surface area contributed by atoms with E-state index in [-0.39, 0.29) is 29.2 Å². The highest BCUT2D eigenvalue weighted by atomic mass is 32.2. The zero-order chi connectivity index (χ0) is 20.3. The molecule has 8 atom stereocenters. The molecule has 1 saturated heterocycles. The van der Waals surface area contributed by atoms with Gasteiger partial charge >= 0.3 is 0 Å². The number of thioether (sulfide) groups is 1. The van der Waals surface area contributed by atoms with Gasteiger partial charge in [0, 0.05) is 16.7 Å². The molecule has 0 aromatic carbocycles. The fourth-order valence-corrected chi connectivity index (χ4v) is 8.39. The molecule has 4 fully saturated rings. The van der Waals surface area contributed by atoms with Crippen molar-refractivity contribution in [1.29, 1.82) is 0 Å². The summed E-state index contributed by atoms with van der Waals surface area (Å²) in [6, 6.07) is 0. The van der Waals surface area contributed by atoms with Crippen LogP contribution in [0.15, 0.2) is 23.8 Å². The van der Waals surface area contributed by atoms with Gasteiger partial charge in [-0.15, -0.1) is 0 Å². The average Bonchev–Trinajstić information content (AvgIpc) is 3.22. The van der Waals surface area contributed by atoms with Gasteiger partial charge in [0.25, 0.3) is 0 Å². The van der Waals surface area contributed by atoms with E-state index in [0.717, 1.165) is 5.57 Å². The molecule has 5 rings (SSSR count). The second-order valence-electron chi connectivity index (χ2n) is 9.97. The third kappa shape index (κ3) is 1.74. The van der Waals surface area contributed by atoms with Crippen LogP contribution in [-0.2, 0) is 14.3 Å². The largest absolute Gasteiger partial charge is 0.390 e. The Kier molecular flexibility index (Phi) is 3.52. The van der Waals surface area contributed by atoms with Gasteiger partial charge in [0.2, 0.25) is 5.12 Å². The third-order valence-electron chi connectivity index (χ3n) is 9.00. The smallest absolute Gasteiger partial charge is 0.224 e. The number of aliphatic hydroxyl groups excluding tert-OH is 1. The summed E-state index contributed by atoms with van der Waals surface area (Å²) in [6.07, 6.45) is 7.24. The Morgan fingerprint density at radius 2 is 2.00 bits per heavy atom. The molecular weight excluding hydrogens is 379 g/mol. The molecule has 5 aliphatic rings. The van der Waals surface area contributed by atoms with E-state index in [1.165, 1.54) is 17.8 Å². The van der Waals surface area contributed by atoms with Crippen LogP contribution in [0.25, 0.3) is 0 Å². The molecule has 28 heavy (non-hydrogen) atoms. The number of ketones is 1. The lowest BCUT2D eigenvalue weighted by atomic mass is 9.45. The molecular formula is C22H27FO4S. The number of hydrogen-bond donors (Lipinski definition) is 1. The molecule has 0 bridgehead atoms. The number of rotatable bonds is 1. The van der Waals surface area contributed by atoms with Gasteiger partial charge in [0.15, 0.2) is 17.1 Å². The van der Waals surface area contributed by atoms with Crippen LogP contribution in [0.1, 0.15) is 46.5 Å². The van der Waals surface area contributed by atoms with Crippen molar-refractivity contribution in [2.45, 2.75) is 69.4 Å². The fraction of sp³-hybridized carbons (Fsp3) is 0.727. The molecule has 0 amide bonds. The Bertz CT molecular complexity index is 869. The maximum absolute atomic E-state index is 17.0. The molecule has 3 saturated carbocycles. The zero-order valence-electron chi connectivity index (χ0n) is 16.8. The highest BCUT2D eigenvalue weighted by molar-refractivity contribution is 8.13. The molecule has 1 aliphatic heterocycles. The normalized spacial score (nSPS) is 56.3. The van der Waals surface area contributed by atoms with Crippen molar-refractivity contribution < 1.29 is 23.8 Å². The van der Waals surface area contributed by atoms with Gasteiger partial charge in [0.05, 0.1) is 6.10 Å². The standard InChI is InChI=1S/C22H27FO4S/c1-18-8-7-13(24)9-12(18)5-6-14-15-10-20(3)22(27-20,17(26)28-4)19(15,2)11-16(25)21(14,18)23/h7-9,14-16,25H,5-6,10-11H2,1-4H3/t14-,15-,16-,18-,19-,20+,21-,22-/m0/s1. The summed E-state index contributed by atoms with van der Waals surface area (Å²) >= 11 is 1.17. The first-order chi connectivity index (χ1) is 13.0. The molecule has 4 nitrogen and oxygen atoms in total. The molecule has 1 heterocycles. The number of aliphatic hydroxyl groups is 1. The summed E-state index contributed by atoms with van der Waals surface area (Å²) < 4.78 is 23.0. The quantitative estimate of drug-likeness (QED) is 0.676. The number of carbonyl (C=O) groups excluding carboxylic acids is 2. The number of hydrogen-bond acceptors (Lipinski definition) is 5. The lowest BCUT2D eigenvalue weighted by Crippen LogP contribution is -2.68. The first-order valence-corrected chi connectivity index (χ1v) is 11.3. The number of allylic oxidation sites excluding steroid dienone is 4. The van der Waals surface area contributed by atoms with Crippen LogP contribution in [0.4, 0.5) is 4.39 Å². The van der Waals surface area contributed by atoms with E-state index < -0.39 is 33.8 Å². The van der Waals surface area contributed by atoms with E-state index in [4.69, 9.17) is 4.74 Å². The van der Waals surface area contributed by atoms with Crippen molar-refractivity contribution in [3.05, 3.63) is 23.8 Å². The highest BCUT2D eigenvalue weighted by Gasteiger charge is 2.88. The molecule has 4 aliphatic carbocycles. The van der Waals surface area contributed by atoms with Crippen LogP contribution in [-0.4, -0.2) is 45.2 Å². The van der Waals surface area contributed by atoms with Gasteiger partial charge in [-0.05, 0) is 63.9 Å². The number of epoxide rings is 1. The van der Waals surface area contributed by atoms with E-state index in [2.05, 4.69) is 0 Å². The zero-order valence-corrected chi connectivity index (χ0v) is 17.6. The van der Waals surface area contributed by atoms with Gasteiger partial charge in [0.1, 0.15) is 5.60 Å². The Hall–Kier alpha value is -0.980. The second-order valence-corrected chi connectivity index (χ2v) is 10.8.